The smallest absolute Gasteiger partial charge is 0.276 e. The molecule has 0 bridgehead atoms. The Morgan fingerprint density at radius 1 is 1.23 bits per heavy atom. The molecule has 0 aliphatic carbocycles. The van der Waals surface area contributed by atoms with Gasteiger partial charge in [0.2, 0.25) is 5.91 Å². The maximum atomic E-state index is 11.7. The molecule has 0 aliphatic rings. The molecular formula is C13H15Br2N3O3S. The van der Waals surface area contributed by atoms with Crippen LogP contribution in [-0.2, 0) is 9.59 Å². The molecule has 1 aromatic carbocycles. The fraction of sp³-hybridized carbons (Fsp3) is 0.308. The minimum Gasteiger partial charge on any atom is -0.482 e. The van der Waals surface area contributed by atoms with Crippen LogP contribution in [0.5, 0.6) is 5.75 Å². The molecule has 0 fully saturated rings. The maximum absolute atomic E-state index is 11.7. The van der Waals surface area contributed by atoms with Crippen LogP contribution in [-0.4, -0.2) is 23.5 Å². The summed E-state index contributed by atoms with van der Waals surface area (Å²) in [6, 6.07) is 3.71. The number of ether oxygens (including phenoxy) is 1. The molecule has 0 aliphatic heterocycles. The molecule has 6 nitrogen and oxygen atoms in total. The fourth-order valence-electron chi connectivity index (χ4n) is 1.42. The zero-order valence-electron chi connectivity index (χ0n) is 12.0. The lowest BCUT2D eigenvalue weighted by Gasteiger charge is -2.13. The highest BCUT2D eigenvalue weighted by Gasteiger charge is 2.10. The summed E-state index contributed by atoms with van der Waals surface area (Å²) in [6.45, 7) is 3.37. The van der Waals surface area contributed by atoms with Crippen LogP contribution >= 0.6 is 44.1 Å². The van der Waals surface area contributed by atoms with E-state index in [1.165, 1.54) is 0 Å². The molecule has 1 aromatic rings. The van der Waals surface area contributed by atoms with Gasteiger partial charge in [0.25, 0.3) is 5.91 Å². The molecule has 0 heterocycles. The molecule has 0 spiro atoms. The number of aryl methyl sites for hydroxylation is 1. The van der Waals surface area contributed by atoms with E-state index in [0.717, 1.165) is 14.5 Å². The Morgan fingerprint density at radius 3 is 2.50 bits per heavy atom. The predicted molar refractivity (Wildman–Crippen MR) is 94.4 cm³/mol. The number of halogens is 2. The number of carbonyl (C=O) groups excluding carboxylic acids is 2. The van der Waals surface area contributed by atoms with Crippen molar-refractivity contribution in [2.45, 2.75) is 20.3 Å². The van der Waals surface area contributed by atoms with Gasteiger partial charge in [-0.1, -0.05) is 22.9 Å². The van der Waals surface area contributed by atoms with Gasteiger partial charge in [0.1, 0.15) is 5.75 Å². The highest BCUT2D eigenvalue weighted by Crippen LogP contribution is 2.32. The van der Waals surface area contributed by atoms with Crippen LogP contribution in [0.25, 0.3) is 0 Å². The molecule has 120 valence electrons. The highest BCUT2D eigenvalue weighted by atomic mass is 79.9. The molecule has 0 saturated heterocycles. The summed E-state index contributed by atoms with van der Waals surface area (Å²) in [5, 5.41) is 2.43. The van der Waals surface area contributed by atoms with Gasteiger partial charge < -0.3 is 10.1 Å². The minimum absolute atomic E-state index is 0.0289. The van der Waals surface area contributed by atoms with E-state index in [0.29, 0.717) is 12.2 Å². The summed E-state index contributed by atoms with van der Waals surface area (Å²) < 4.78 is 7.12. The van der Waals surface area contributed by atoms with Gasteiger partial charge in [-0.25, -0.2) is 0 Å². The van der Waals surface area contributed by atoms with Gasteiger partial charge in [-0.3, -0.25) is 20.4 Å². The van der Waals surface area contributed by atoms with Crippen LogP contribution in [0.4, 0.5) is 0 Å². The van der Waals surface area contributed by atoms with E-state index in [-0.39, 0.29) is 17.6 Å². The number of carbonyl (C=O) groups is 2. The number of nitrogens with one attached hydrogen (secondary N) is 3. The molecule has 1 rings (SSSR count). The Labute approximate surface area is 150 Å². The van der Waals surface area contributed by atoms with Crippen LogP contribution in [0.3, 0.4) is 0 Å². The Kier molecular flexibility index (Phi) is 7.77. The van der Waals surface area contributed by atoms with Crippen molar-refractivity contribution in [3.63, 3.8) is 0 Å². The van der Waals surface area contributed by atoms with E-state index in [4.69, 9.17) is 17.0 Å². The van der Waals surface area contributed by atoms with Gasteiger partial charge in [-0.15, -0.1) is 0 Å². The van der Waals surface area contributed by atoms with E-state index in [2.05, 4.69) is 48.0 Å². The number of hydrogen-bond acceptors (Lipinski definition) is 4. The molecule has 2 amide bonds. The molecule has 0 unspecified atom stereocenters. The highest BCUT2D eigenvalue weighted by molar-refractivity contribution is 9.11. The summed E-state index contributed by atoms with van der Waals surface area (Å²) in [7, 11) is 0. The first-order valence-corrected chi connectivity index (χ1v) is 8.30. The van der Waals surface area contributed by atoms with Crippen LogP contribution in [0, 0.1) is 6.92 Å². The van der Waals surface area contributed by atoms with Crippen molar-refractivity contribution in [1.29, 1.82) is 0 Å². The van der Waals surface area contributed by atoms with Crippen LogP contribution in [0.2, 0.25) is 0 Å². The maximum Gasteiger partial charge on any atom is 0.276 e. The number of rotatable bonds is 4. The van der Waals surface area contributed by atoms with Crippen LogP contribution < -0.4 is 20.9 Å². The number of hydrogen-bond donors (Lipinski definition) is 3. The summed E-state index contributed by atoms with van der Waals surface area (Å²) in [6.07, 6.45) is 0.301. The zero-order chi connectivity index (χ0) is 16.7. The van der Waals surface area contributed by atoms with Crippen molar-refractivity contribution in [1.82, 2.24) is 16.2 Å². The van der Waals surface area contributed by atoms with Gasteiger partial charge in [0, 0.05) is 10.9 Å². The Morgan fingerprint density at radius 2 is 1.91 bits per heavy atom. The summed E-state index contributed by atoms with van der Waals surface area (Å²) >= 11 is 11.6. The second-order valence-corrected chi connectivity index (χ2v) is 6.40. The van der Waals surface area contributed by atoms with Crippen molar-refractivity contribution in [3.8, 4) is 5.75 Å². The third-order valence-electron chi connectivity index (χ3n) is 2.43. The Hall–Kier alpha value is -1.19. The first kappa shape index (κ1) is 18.9. The lowest BCUT2D eigenvalue weighted by atomic mass is 10.2. The fourth-order valence-corrected chi connectivity index (χ4v) is 3.14. The number of benzene rings is 1. The van der Waals surface area contributed by atoms with Crippen molar-refractivity contribution in [2.75, 3.05) is 6.61 Å². The van der Waals surface area contributed by atoms with E-state index in [1.54, 1.807) is 6.92 Å². The van der Waals surface area contributed by atoms with Crippen molar-refractivity contribution in [3.05, 3.63) is 26.6 Å². The predicted octanol–water partition coefficient (Wildman–Crippen LogP) is 2.33. The number of amides is 2. The summed E-state index contributed by atoms with van der Waals surface area (Å²) in [5.74, 6) is -0.0834. The van der Waals surface area contributed by atoms with Crippen LogP contribution in [0.15, 0.2) is 21.1 Å². The normalized spacial score (nSPS) is 9.82. The van der Waals surface area contributed by atoms with Crippen molar-refractivity contribution in [2.24, 2.45) is 0 Å². The number of hydrazine groups is 1. The van der Waals surface area contributed by atoms with E-state index >= 15 is 0 Å². The number of thiocarbonyl (C=S) groups is 1. The topological polar surface area (TPSA) is 79.5 Å². The summed E-state index contributed by atoms with van der Waals surface area (Å²) in [4.78, 5) is 22.8. The second-order valence-electron chi connectivity index (χ2n) is 4.23. The second kappa shape index (κ2) is 9.06. The van der Waals surface area contributed by atoms with Crippen LogP contribution in [0.1, 0.15) is 18.9 Å². The largest absolute Gasteiger partial charge is 0.482 e. The first-order valence-electron chi connectivity index (χ1n) is 6.30. The Bertz CT molecular complexity index is 573. The van der Waals surface area contributed by atoms with Gasteiger partial charge >= 0.3 is 0 Å². The van der Waals surface area contributed by atoms with E-state index < -0.39 is 5.91 Å². The lowest BCUT2D eigenvalue weighted by molar-refractivity contribution is -0.124. The molecule has 0 saturated carbocycles. The quantitative estimate of drug-likeness (QED) is 0.482. The third-order valence-corrected chi connectivity index (χ3v) is 3.68. The molecule has 0 radical (unpaired) electrons. The molecule has 9 heteroatoms. The molecular weight excluding hydrogens is 438 g/mol. The standard InChI is InChI=1S/C13H15Br2N3O3S/c1-3-10(19)16-13(22)18-17-11(20)6-21-12-7(2)4-8(14)5-9(12)15/h4-5H,3,6H2,1-2H3,(H,17,20)(H2,16,18,19,22). The van der Waals surface area contributed by atoms with E-state index in [1.807, 2.05) is 19.1 Å². The van der Waals surface area contributed by atoms with E-state index in [9.17, 15) is 9.59 Å². The van der Waals surface area contributed by atoms with Gasteiger partial charge in [-0.2, -0.15) is 0 Å². The average molecular weight is 453 g/mol. The van der Waals surface area contributed by atoms with Gasteiger partial charge in [-0.05, 0) is 52.8 Å². The average Bonchev–Trinajstić information content (AvgIpc) is 2.43. The lowest BCUT2D eigenvalue weighted by Crippen LogP contribution is -2.49. The zero-order valence-corrected chi connectivity index (χ0v) is 15.9. The molecule has 0 atom stereocenters. The third kappa shape index (κ3) is 6.29. The van der Waals surface area contributed by atoms with Gasteiger partial charge in [0.15, 0.2) is 11.7 Å². The van der Waals surface area contributed by atoms with Gasteiger partial charge in [0.05, 0.1) is 4.47 Å². The SMILES string of the molecule is CCC(=O)NC(=S)NNC(=O)COc1c(C)cc(Br)cc1Br. The minimum atomic E-state index is -0.428. The molecule has 22 heavy (non-hydrogen) atoms. The monoisotopic (exact) mass is 451 g/mol. The first-order chi connectivity index (χ1) is 10.3. The summed E-state index contributed by atoms with van der Waals surface area (Å²) in [5.41, 5.74) is 5.64. The van der Waals surface area contributed by atoms with Crippen molar-refractivity contribution >= 4 is 61.0 Å². The molecule has 3 N–H and O–H groups in total. The molecule has 0 aromatic heterocycles. The van der Waals surface area contributed by atoms with Crippen molar-refractivity contribution < 1.29 is 14.3 Å². The Balaban J connectivity index is 2.44.